The van der Waals surface area contributed by atoms with Crippen molar-refractivity contribution in [2.45, 2.75) is 336 Å². The summed E-state index contributed by atoms with van der Waals surface area (Å²) >= 11 is 0. The summed E-state index contributed by atoms with van der Waals surface area (Å²) in [5.41, 5.74) is 0. The smallest absolute Gasteiger partial charge is 0.306 e. The summed E-state index contributed by atoms with van der Waals surface area (Å²) in [5.74, 6) is 0.866. The SMILES string of the molecule is CCCCCCCCCCCCCCCCC(=O)O[C@@H](COC(=O)CCCCCCCCCCCCCCCCCCCCC(C)C)COC(=O)CCCCCCCCCCC(C)CC. The molecule has 65 heavy (non-hydrogen) atoms. The highest BCUT2D eigenvalue weighted by Crippen LogP contribution is 2.19. The van der Waals surface area contributed by atoms with Gasteiger partial charge in [-0.25, -0.2) is 0 Å². The minimum absolute atomic E-state index is 0.0629. The maximum absolute atomic E-state index is 12.8. The van der Waals surface area contributed by atoms with Crippen molar-refractivity contribution >= 4 is 17.9 Å². The van der Waals surface area contributed by atoms with Gasteiger partial charge in [-0.05, 0) is 31.1 Å². The van der Waals surface area contributed by atoms with Gasteiger partial charge in [0.15, 0.2) is 6.10 Å². The van der Waals surface area contributed by atoms with Crippen molar-refractivity contribution in [3.8, 4) is 0 Å². The molecule has 0 fully saturated rings. The van der Waals surface area contributed by atoms with Crippen LogP contribution in [-0.4, -0.2) is 37.2 Å². The Kier molecular flexibility index (Phi) is 50.5. The molecule has 0 aliphatic carbocycles. The molecule has 386 valence electrons. The highest BCUT2D eigenvalue weighted by atomic mass is 16.6. The van der Waals surface area contributed by atoms with Crippen molar-refractivity contribution in [1.29, 1.82) is 0 Å². The second-order valence-corrected chi connectivity index (χ2v) is 21.0. The van der Waals surface area contributed by atoms with Gasteiger partial charge in [-0.3, -0.25) is 14.4 Å². The highest BCUT2D eigenvalue weighted by Gasteiger charge is 2.19. The molecule has 0 aliphatic rings. The van der Waals surface area contributed by atoms with Crippen LogP contribution in [-0.2, 0) is 28.6 Å². The second-order valence-electron chi connectivity index (χ2n) is 21.0. The molecule has 0 bridgehead atoms. The van der Waals surface area contributed by atoms with Crippen LogP contribution in [0.5, 0.6) is 0 Å². The van der Waals surface area contributed by atoms with Crippen molar-refractivity contribution in [2.24, 2.45) is 11.8 Å². The number of esters is 3. The zero-order valence-electron chi connectivity index (χ0n) is 44.6. The predicted octanol–water partition coefficient (Wildman–Crippen LogP) is 19.3. The summed E-state index contributed by atoms with van der Waals surface area (Å²) in [6.45, 7) is 11.4. The van der Waals surface area contributed by atoms with Gasteiger partial charge in [0.1, 0.15) is 13.2 Å². The minimum atomic E-state index is -0.763. The van der Waals surface area contributed by atoms with Crippen LogP contribution in [0.4, 0.5) is 0 Å². The lowest BCUT2D eigenvalue weighted by Crippen LogP contribution is -2.30. The van der Waals surface area contributed by atoms with E-state index in [0.717, 1.165) is 69.6 Å². The Balaban J connectivity index is 4.24. The van der Waals surface area contributed by atoms with E-state index in [4.69, 9.17) is 14.2 Å². The fraction of sp³-hybridized carbons (Fsp3) is 0.949. The van der Waals surface area contributed by atoms with Crippen molar-refractivity contribution < 1.29 is 28.6 Å². The number of hydrogen-bond donors (Lipinski definition) is 0. The Morgan fingerprint density at radius 2 is 0.585 bits per heavy atom. The molecule has 1 unspecified atom stereocenters. The van der Waals surface area contributed by atoms with Gasteiger partial charge in [-0.1, -0.05) is 291 Å². The number of carbonyl (C=O) groups excluding carboxylic acids is 3. The van der Waals surface area contributed by atoms with Crippen molar-refractivity contribution in [1.82, 2.24) is 0 Å². The Morgan fingerprint density at radius 1 is 0.323 bits per heavy atom. The summed E-state index contributed by atoms with van der Waals surface area (Å²) in [6, 6.07) is 0. The lowest BCUT2D eigenvalue weighted by molar-refractivity contribution is -0.167. The molecule has 0 radical (unpaired) electrons. The fourth-order valence-corrected chi connectivity index (χ4v) is 9.02. The third-order valence-corrected chi connectivity index (χ3v) is 13.8. The average molecular weight is 920 g/mol. The fourth-order valence-electron chi connectivity index (χ4n) is 9.02. The Morgan fingerprint density at radius 3 is 0.877 bits per heavy atom. The van der Waals surface area contributed by atoms with Crippen LogP contribution < -0.4 is 0 Å². The van der Waals surface area contributed by atoms with E-state index in [0.29, 0.717) is 19.3 Å². The quantitative estimate of drug-likeness (QED) is 0.0344. The predicted molar refractivity (Wildman–Crippen MR) is 280 cm³/mol. The highest BCUT2D eigenvalue weighted by molar-refractivity contribution is 5.71. The van der Waals surface area contributed by atoms with Crippen LogP contribution in [0, 0.1) is 11.8 Å². The standard InChI is InChI=1S/C59H114O6/c1-6-8-9-10-11-12-13-14-22-26-29-36-41-46-51-59(62)65-56(53-64-58(61)50-45-40-35-31-30-33-38-43-48-55(5)7-2)52-63-57(60)49-44-39-34-28-25-23-20-18-16-15-17-19-21-24-27-32-37-42-47-54(3)4/h54-56H,6-53H2,1-5H3/t55?,56-/m0/s1. The molecule has 0 rings (SSSR count). The topological polar surface area (TPSA) is 78.9 Å². The van der Waals surface area contributed by atoms with Gasteiger partial charge in [-0.15, -0.1) is 0 Å². The molecule has 0 aromatic heterocycles. The summed E-state index contributed by atoms with van der Waals surface area (Å²) < 4.78 is 16.9. The monoisotopic (exact) mass is 919 g/mol. The van der Waals surface area contributed by atoms with Gasteiger partial charge in [0.25, 0.3) is 0 Å². The maximum Gasteiger partial charge on any atom is 0.306 e. The van der Waals surface area contributed by atoms with Gasteiger partial charge in [0.05, 0.1) is 0 Å². The molecule has 6 nitrogen and oxygen atoms in total. The molecule has 0 aromatic rings. The molecule has 0 aromatic carbocycles. The first-order valence-electron chi connectivity index (χ1n) is 29.3. The van der Waals surface area contributed by atoms with Gasteiger partial charge in [0, 0.05) is 19.3 Å². The zero-order chi connectivity index (χ0) is 47.5. The van der Waals surface area contributed by atoms with Crippen LogP contribution >= 0.6 is 0 Å². The van der Waals surface area contributed by atoms with Gasteiger partial charge in [-0.2, -0.15) is 0 Å². The van der Waals surface area contributed by atoms with E-state index >= 15 is 0 Å². The number of hydrogen-bond acceptors (Lipinski definition) is 6. The first-order chi connectivity index (χ1) is 31.8. The van der Waals surface area contributed by atoms with Crippen LogP contribution in [0.25, 0.3) is 0 Å². The largest absolute Gasteiger partial charge is 0.462 e. The van der Waals surface area contributed by atoms with E-state index in [1.54, 1.807) is 0 Å². The molecular formula is C59H114O6. The van der Waals surface area contributed by atoms with Gasteiger partial charge >= 0.3 is 17.9 Å². The summed E-state index contributed by atoms with van der Waals surface area (Å²) in [7, 11) is 0. The Labute approximate surface area is 406 Å². The Bertz CT molecular complexity index is 995. The lowest BCUT2D eigenvalue weighted by atomic mass is 9.99. The number of unbranched alkanes of at least 4 members (excludes halogenated alkanes) is 37. The van der Waals surface area contributed by atoms with E-state index < -0.39 is 6.10 Å². The summed E-state index contributed by atoms with van der Waals surface area (Å²) in [4.78, 5) is 38.1. The van der Waals surface area contributed by atoms with Crippen LogP contribution in [0.2, 0.25) is 0 Å². The van der Waals surface area contributed by atoms with E-state index in [-0.39, 0.29) is 31.1 Å². The molecule has 0 heterocycles. The molecule has 0 saturated heterocycles. The zero-order valence-corrected chi connectivity index (χ0v) is 44.6. The second kappa shape index (κ2) is 51.8. The van der Waals surface area contributed by atoms with E-state index in [9.17, 15) is 14.4 Å². The van der Waals surface area contributed by atoms with E-state index in [2.05, 4.69) is 34.6 Å². The minimum Gasteiger partial charge on any atom is -0.462 e. The van der Waals surface area contributed by atoms with Gasteiger partial charge in [0.2, 0.25) is 0 Å². The van der Waals surface area contributed by atoms with Gasteiger partial charge < -0.3 is 14.2 Å². The first-order valence-corrected chi connectivity index (χ1v) is 29.3. The normalized spacial score (nSPS) is 12.5. The number of carbonyl (C=O) groups is 3. The molecule has 0 spiro atoms. The van der Waals surface area contributed by atoms with Crippen molar-refractivity contribution in [3.05, 3.63) is 0 Å². The first kappa shape index (κ1) is 63.4. The molecule has 0 N–H and O–H groups in total. The number of rotatable bonds is 53. The molecule has 6 heteroatoms. The number of ether oxygens (including phenoxy) is 3. The van der Waals surface area contributed by atoms with E-state index in [1.807, 2.05) is 0 Å². The van der Waals surface area contributed by atoms with Crippen molar-refractivity contribution in [2.75, 3.05) is 13.2 Å². The average Bonchev–Trinajstić information content (AvgIpc) is 3.29. The van der Waals surface area contributed by atoms with Crippen LogP contribution in [0.3, 0.4) is 0 Å². The van der Waals surface area contributed by atoms with Crippen molar-refractivity contribution in [3.63, 3.8) is 0 Å². The molecule has 0 saturated carbocycles. The summed E-state index contributed by atoms with van der Waals surface area (Å²) in [5, 5.41) is 0. The van der Waals surface area contributed by atoms with E-state index in [1.165, 1.54) is 218 Å². The lowest BCUT2D eigenvalue weighted by Gasteiger charge is -2.18. The molecular weight excluding hydrogens is 805 g/mol. The van der Waals surface area contributed by atoms with Crippen LogP contribution in [0.1, 0.15) is 330 Å². The third kappa shape index (κ3) is 51.6. The molecule has 2 atom stereocenters. The van der Waals surface area contributed by atoms with Crippen LogP contribution in [0.15, 0.2) is 0 Å². The third-order valence-electron chi connectivity index (χ3n) is 13.8. The summed E-state index contributed by atoms with van der Waals surface area (Å²) in [6.07, 6.45) is 55.2. The Hall–Kier alpha value is -1.59. The molecule has 0 amide bonds. The molecule has 0 aliphatic heterocycles. The maximum atomic E-state index is 12.8.